The SMILES string of the molecule is CCC(=O)CCOCCNC(=O)CCCNC(C)C. The van der Waals surface area contributed by atoms with E-state index in [1.54, 1.807) is 0 Å². The van der Waals surface area contributed by atoms with Crippen LogP contribution in [0.5, 0.6) is 0 Å². The second-order valence-corrected chi connectivity index (χ2v) is 4.82. The quantitative estimate of drug-likeness (QED) is 0.525. The molecule has 112 valence electrons. The maximum atomic E-state index is 11.4. The molecule has 0 saturated heterocycles. The van der Waals surface area contributed by atoms with Gasteiger partial charge in [0.15, 0.2) is 0 Å². The summed E-state index contributed by atoms with van der Waals surface area (Å²) >= 11 is 0. The van der Waals surface area contributed by atoms with Crippen LogP contribution in [0.15, 0.2) is 0 Å². The smallest absolute Gasteiger partial charge is 0.220 e. The summed E-state index contributed by atoms with van der Waals surface area (Å²) in [6.07, 6.45) is 2.40. The van der Waals surface area contributed by atoms with E-state index in [2.05, 4.69) is 24.5 Å². The van der Waals surface area contributed by atoms with Crippen LogP contribution < -0.4 is 10.6 Å². The summed E-state index contributed by atoms with van der Waals surface area (Å²) in [6, 6.07) is 0.460. The lowest BCUT2D eigenvalue weighted by molar-refractivity contribution is -0.122. The van der Waals surface area contributed by atoms with Gasteiger partial charge in [0.2, 0.25) is 5.91 Å². The first-order valence-corrected chi connectivity index (χ1v) is 7.15. The van der Waals surface area contributed by atoms with Crippen molar-refractivity contribution in [3.05, 3.63) is 0 Å². The predicted molar refractivity (Wildman–Crippen MR) is 76.1 cm³/mol. The molecule has 0 aromatic carbocycles. The van der Waals surface area contributed by atoms with Gasteiger partial charge in [-0.15, -0.1) is 0 Å². The maximum Gasteiger partial charge on any atom is 0.220 e. The van der Waals surface area contributed by atoms with E-state index in [1.165, 1.54) is 0 Å². The fourth-order valence-corrected chi connectivity index (χ4v) is 1.46. The van der Waals surface area contributed by atoms with Gasteiger partial charge in [0.1, 0.15) is 5.78 Å². The highest BCUT2D eigenvalue weighted by molar-refractivity contribution is 5.78. The Hall–Kier alpha value is -0.940. The number of rotatable bonds is 12. The number of hydrogen-bond donors (Lipinski definition) is 2. The average Bonchev–Trinajstić information content (AvgIpc) is 2.38. The third kappa shape index (κ3) is 13.3. The van der Waals surface area contributed by atoms with E-state index in [9.17, 15) is 9.59 Å². The number of nitrogens with one attached hydrogen (secondary N) is 2. The first-order valence-electron chi connectivity index (χ1n) is 7.15. The highest BCUT2D eigenvalue weighted by Gasteiger charge is 2.01. The molecule has 5 nitrogen and oxygen atoms in total. The predicted octanol–water partition coefficient (Wildman–Crippen LogP) is 1.27. The van der Waals surface area contributed by atoms with Crippen molar-refractivity contribution < 1.29 is 14.3 Å². The van der Waals surface area contributed by atoms with Crippen LogP contribution in [0, 0.1) is 0 Å². The third-order valence-electron chi connectivity index (χ3n) is 2.62. The van der Waals surface area contributed by atoms with E-state index >= 15 is 0 Å². The summed E-state index contributed by atoms with van der Waals surface area (Å²) in [5.41, 5.74) is 0. The van der Waals surface area contributed by atoms with Crippen LogP contribution in [0.25, 0.3) is 0 Å². The second kappa shape index (κ2) is 12.1. The summed E-state index contributed by atoms with van der Waals surface area (Å²) in [7, 11) is 0. The van der Waals surface area contributed by atoms with Crippen LogP contribution in [0.4, 0.5) is 0 Å². The first-order chi connectivity index (χ1) is 9.06. The molecule has 0 aliphatic carbocycles. The molecule has 0 aliphatic heterocycles. The van der Waals surface area contributed by atoms with E-state index in [1.807, 2.05) is 6.92 Å². The molecule has 0 aliphatic rings. The van der Waals surface area contributed by atoms with Crippen molar-refractivity contribution in [3.63, 3.8) is 0 Å². The van der Waals surface area contributed by atoms with Crippen molar-refractivity contribution >= 4 is 11.7 Å². The number of ketones is 1. The maximum absolute atomic E-state index is 11.4. The zero-order chi connectivity index (χ0) is 14.5. The van der Waals surface area contributed by atoms with Crippen molar-refractivity contribution in [1.82, 2.24) is 10.6 Å². The van der Waals surface area contributed by atoms with Gasteiger partial charge in [-0.3, -0.25) is 9.59 Å². The molecular weight excluding hydrogens is 244 g/mol. The average molecular weight is 272 g/mol. The Balaban J connectivity index is 3.27. The van der Waals surface area contributed by atoms with Crippen LogP contribution >= 0.6 is 0 Å². The minimum absolute atomic E-state index is 0.0544. The number of carbonyl (C=O) groups is 2. The Labute approximate surface area is 116 Å². The van der Waals surface area contributed by atoms with Gasteiger partial charge in [0, 0.05) is 31.8 Å². The zero-order valence-electron chi connectivity index (χ0n) is 12.5. The van der Waals surface area contributed by atoms with Crippen molar-refractivity contribution in [2.24, 2.45) is 0 Å². The van der Waals surface area contributed by atoms with E-state index in [4.69, 9.17) is 4.74 Å². The number of Topliss-reactive ketones (excluding diaryl/α,β-unsaturated/α-hetero) is 1. The van der Waals surface area contributed by atoms with Gasteiger partial charge in [-0.25, -0.2) is 0 Å². The van der Waals surface area contributed by atoms with Gasteiger partial charge in [-0.1, -0.05) is 20.8 Å². The Morgan fingerprint density at radius 2 is 1.84 bits per heavy atom. The first kappa shape index (κ1) is 18.1. The fraction of sp³-hybridized carbons (Fsp3) is 0.857. The van der Waals surface area contributed by atoms with E-state index in [0.29, 0.717) is 45.1 Å². The molecule has 0 spiro atoms. The third-order valence-corrected chi connectivity index (χ3v) is 2.62. The molecule has 2 N–H and O–H groups in total. The molecule has 0 aromatic heterocycles. The second-order valence-electron chi connectivity index (χ2n) is 4.82. The summed E-state index contributed by atoms with van der Waals surface area (Å²) in [5.74, 6) is 0.264. The summed E-state index contributed by atoms with van der Waals surface area (Å²) in [6.45, 7) is 8.30. The van der Waals surface area contributed by atoms with Crippen LogP contribution in [0.3, 0.4) is 0 Å². The minimum Gasteiger partial charge on any atom is -0.379 e. The monoisotopic (exact) mass is 272 g/mol. The fourth-order valence-electron chi connectivity index (χ4n) is 1.46. The molecule has 19 heavy (non-hydrogen) atoms. The molecule has 0 fully saturated rings. The molecule has 0 aromatic rings. The van der Waals surface area contributed by atoms with Gasteiger partial charge in [0.25, 0.3) is 0 Å². The molecule has 0 heterocycles. The normalized spacial score (nSPS) is 10.7. The lowest BCUT2D eigenvalue weighted by Crippen LogP contribution is -2.29. The van der Waals surface area contributed by atoms with E-state index < -0.39 is 0 Å². The lowest BCUT2D eigenvalue weighted by Gasteiger charge is -2.08. The molecule has 0 radical (unpaired) electrons. The molecular formula is C14H28N2O3. The van der Waals surface area contributed by atoms with Crippen LogP contribution in [0.1, 0.15) is 46.5 Å². The van der Waals surface area contributed by atoms with E-state index in [0.717, 1.165) is 13.0 Å². The van der Waals surface area contributed by atoms with Crippen molar-refractivity contribution in [2.75, 3.05) is 26.3 Å². The Morgan fingerprint density at radius 1 is 1.11 bits per heavy atom. The number of ether oxygens (including phenoxy) is 1. The number of amides is 1. The van der Waals surface area contributed by atoms with Gasteiger partial charge in [0.05, 0.1) is 13.2 Å². The molecule has 0 atom stereocenters. The van der Waals surface area contributed by atoms with Crippen molar-refractivity contribution in [2.45, 2.75) is 52.5 Å². The van der Waals surface area contributed by atoms with Crippen LogP contribution in [-0.2, 0) is 14.3 Å². The Kier molecular flexibility index (Phi) is 11.5. The Bertz CT molecular complexity index is 255. The summed E-state index contributed by atoms with van der Waals surface area (Å²) < 4.78 is 5.27. The molecule has 1 amide bonds. The van der Waals surface area contributed by atoms with Crippen molar-refractivity contribution in [3.8, 4) is 0 Å². The molecule has 0 saturated carbocycles. The van der Waals surface area contributed by atoms with Crippen molar-refractivity contribution in [1.29, 1.82) is 0 Å². The standard InChI is InChI=1S/C14H28N2O3/c1-4-13(17)7-10-19-11-9-16-14(18)6-5-8-15-12(2)3/h12,15H,4-11H2,1-3H3,(H,16,18). The van der Waals surface area contributed by atoms with E-state index in [-0.39, 0.29) is 11.7 Å². The largest absolute Gasteiger partial charge is 0.379 e. The van der Waals surface area contributed by atoms with Crippen LogP contribution in [0.2, 0.25) is 0 Å². The molecule has 5 heteroatoms. The number of hydrogen-bond acceptors (Lipinski definition) is 4. The summed E-state index contributed by atoms with van der Waals surface area (Å²) in [4.78, 5) is 22.4. The van der Waals surface area contributed by atoms with Gasteiger partial charge >= 0.3 is 0 Å². The highest BCUT2D eigenvalue weighted by Crippen LogP contribution is 1.90. The summed E-state index contributed by atoms with van der Waals surface area (Å²) in [5, 5.41) is 6.06. The highest BCUT2D eigenvalue weighted by atomic mass is 16.5. The minimum atomic E-state index is 0.0544. The topological polar surface area (TPSA) is 67.4 Å². The lowest BCUT2D eigenvalue weighted by atomic mass is 10.2. The van der Waals surface area contributed by atoms with Gasteiger partial charge in [-0.2, -0.15) is 0 Å². The molecule has 0 unspecified atom stereocenters. The number of carbonyl (C=O) groups excluding carboxylic acids is 2. The molecule has 0 rings (SSSR count). The Morgan fingerprint density at radius 3 is 2.47 bits per heavy atom. The van der Waals surface area contributed by atoms with Gasteiger partial charge in [-0.05, 0) is 13.0 Å². The molecule has 0 bridgehead atoms. The van der Waals surface area contributed by atoms with Crippen LogP contribution in [-0.4, -0.2) is 44.0 Å². The van der Waals surface area contributed by atoms with Gasteiger partial charge < -0.3 is 15.4 Å². The zero-order valence-corrected chi connectivity index (χ0v) is 12.5.